The number of rotatable bonds is 4. The molecule has 0 aromatic heterocycles. The molecule has 5 nitrogen and oxygen atoms in total. The molecule has 100 valence electrons. The van der Waals surface area contributed by atoms with Crippen LogP contribution >= 0.6 is 0 Å². The summed E-state index contributed by atoms with van der Waals surface area (Å²) in [5, 5.41) is 6.06. The highest BCUT2D eigenvalue weighted by Crippen LogP contribution is 2.25. The lowest BCUT2D eigenvalue weighted by atomic mass is 9.85. The average Bonchev–Trinajstić information content (AvgIpc) is 2.38. The number of fused-ring (bicyclic) bond motifs is 1. The number of hydrogen-bond acceptors (Lipinski definition) is 3. The topological polar surface area (TPSA) is 61.4 Å². The van der Waals surface area contributed by atoms with Gasteiger partial charge in [0, 0.05) is 32.1 Å². The van der Waals surface area contributed by atoms with Crippen molar-refractivity contribution in [1.82, 2.24) is 15.5 Å². The quantitative estimate of drug-likeness (QED) is 0.541. The molecule has 0 aromatic carbocycles. The van der Waals surface area contributed by atoms with Gasteiger partial charge in [-0.2, -0.15) is 0 Å². The first-order chi connectivity index (χ1) is 8.70. The molecule has 2 N–H and O–H groups in total. The van der Waals surface area contributed by atoms with Crippen molar-refractivity contribution in [3.63, 3.8) is 0 Å². The Labute approximate surface area is 108 Å². The minimum Gasteiger partial charge on any atom is -0.353 e. The number of carbonyl (C=O) groups excluding carboxylic acids is 2. The fraction of sp³-hybridized carbons (Fsp3) is 0.692. The summed E-state index contributed by atoms with van der Waals surface area (Å²) >= 11 is 0. The van der Waals surface area contributed by atoms with E-state index in [0.29, 0.717) is 25.4 Å². The number of nitrogens with one attached hydrogen (secondary N) is 2. The third kappa shape index (κ3) is 3.10. The third-order valence-corrected chi connectivity index (χ3v) is 3.74. The number of nitrogens with zero attached hydrogens (tertiary/aromatic N) is 1. The normalized spacial score (nSPS) is 27.3. The Balaban J connectivity index is 1.81. The molecule has 2 aliphatic rings. The molecule has 2 amide bonds. The van der Waals surface area contributed by atoms with Crippen LogP contribution in [0.25, 0.3) is 0 Å². The summed E-state index contributed by atoms with van der Waals surface area (Å²) < 4.78 is 0. The number of carbonyl (C=O) groups is 2. The van der Waals surface area contributed by atoms with Crippen molar-refractivity contribution in [1.29, 1.82) is 0 Å². The second-order valence-corrected chi connectivity index (χ2v) is 5.02. The lowest BCUT2D eigenvalue weighted by Gasteiger charge is -2.41. The highest BCUT2D eigenvalue weighted by molar-refractivity contribution is 5.79. The van der Waals surface area contributed by atoms with Crippen LogP contribution in [0.4, 0.5) is 0 Å². The van der Waals surface area contributed by atoms with Gasteiger partial charge in [-0.1, -0.05) is 6.08 Å². The van der Waals surface area contributed by atoms with Crippen LogP contribution in [0.5, 0.6) is 0 Å². The molecule has 2 fully saturated rings. The highest BCUT2D eigenvalue weighted by Gasteiger charge is 2.34. The molecule has 0 spiro atoms. The fourth-order valence-corrected chi connectivity index (χ4v) is 2.73. The first kappa shape index (κ1) is 13.1. The molecule has 0 saturated carbocycles. The van der Waals surface area contributed by atoms with Crippen molar-refractivity contribution in [3.05, 3.63) is 12.7 Å². The molecule has 2 unspecified atom stereocenters. The number of amides is 2. The van der Waals surface area contributed by atoms with E-state index in [2.05, 4.69) is 17.2 Å². The van der Waals surface area contributed by atoms with Gasteiger partial charge < -0.3 is 15.5 Å². The maximum Gasteiger partial charge on any atom is 0.236 e. The average molecular weight is 251 g/mol. The van der Waals surface area contributed by atoms with Gasteiger partial charge in [0.25, 0.3) is 0 Å². The first-order valence-electron chi connectivity index (χ1n) is 6.59. The zero-order valence-electron chi connectivity index (χ0n) is 10.7. The van der Waals surface area contributed by atoms with E-state index in [4.69, 9.17) is 0 Å². The molecule has 2 heterocycles. The lowest BCUT2D eigenvalue weighted by molar-refractivity contribution is -0.133. The molecule has 2 saturated heterocycles. The van der Waals surface area contributed by atoms with Crippen molar-refractivity contribution >= 4 is 11.8 Å². The molecule has 2 atom stereocenters. The van der Waals surface area contributed by atoms with E-state index in [1.165, 1.54) is 0 Å². The minimum absolute atomic E-state index is 0.146. The van der Waals surface area contributed by atoms with Gasteiger partial charge in [0.05, 0.1) is 6.54 Å². The number of piperidine rings is 2. The van der Waals surface area contributed by atoms with Crippen LogP contribution in [0.15, 0.2) is 12.7 Å². The highest BCUT2D eigenvalue weighted by atomic mass is 16.2. The van der Waals surface area contributed by atoms with Crippen LogP contribution in [-0.2, 0) is 9.59 Å². The second kappa shape index (κ2) is 6.00. The van der Waals surface area contributed by atoms with Crippen LogP contribution < -0.4 is 10.6 Å². The predicted octanol–water partition coefficient (Wildman–Crippen LogP) is -0.111. The van der Waals surface area contributed by atoms with Crippen LogP contribution in [0.1, 0.15) is 19.3 Å². The van der Waals surface area contributed by atoms with Crippen molar-refractivity contribution in [2.45, 2.75) is 25.3 Å². The smallest absolute Gasteiger partial charge is 0.236 e. The van der Waals surface area contributed by atoms with Gasteiger partial charge in [0.15, 0.2) is 0 Å². The summed E-state index contributed by atoms with van der Waals surface area (Å²) in [7, 11) is 0. The molecular weight excluding hydrogens is 230 g/mol. The summed E-state index contributed by atoms with van der Waals surface area (Å²) in [5.41, 5.74) is 0. The number of hydrogen-bond donors (Lipinski definition) is 2. The maximum atomic E-state index is 12.0. The Kier molecular flexibility index (Phi) is 4.36. The van der Waals surface area contributed by atoms with Gasteiger partial charge >= 0.3 is 0 Å². The van der Waals surface area contributed by atoms with Crippen molar-refractivity contribution in [3.8, 4) is 0 Å². The maximum absolute atomic E-state index is 12.0. The summed E-state index contributed by atoms with van der Waals surface area (Å²) in [6.45, 7) is 6.15. The lowest BCUT2D eigenvalue weighted by Crippen LogP contribution is -2.56. The van der Waals surface area contributed by atoms with Gasteiger partial charge in [-0.05, 0) is 18.8 Å². The minimum atomic E-state index is 0.146. The molecule has 0 bridgehead atoms. The summed E-state index contributed by atoms with van der Waals surface area (Å²) in [6.07, 6.45) is 4.12. The predicted molar refractivity (Wildman–Crippen MR) is 68.9 cm³/mol. The Bertz CT molecular complexity index is 343. The van der Waals surface area contributed by atoms with E-state index in [-0.39, 0.29) is 17.9 Å². The Morgan fingerprint density at radius 1 is 1.56 bits per heavy atom. The van der Waals surface area contributed by atoms with Crippen molar-refractivity contribution in [2.24, 2.45) is 5.92 Å². The zero-order valence-corrected chi connectivity index (χ0v) is 10.7. The summed E-state index contributed by atoms with van der Waals surface area (Å²) in [4.78, 5) is 25.2. The van der Waals surface area contributed by atoms with Crippen molar-refractivity contribution in [2.75, 3.05) is 26.2 Å². The molecule has 18 heavy (non-hydrogen) atoms. The van der Waals surface area contributed by atoms with E-state index < -0.39 is 0 Å². The summed E-state index contributed by atoms with van der Waals surface area (Å²) in [5.74, 6) is 0.732. The Morgan fingerprint density at radius 2 is 2.39 bits per heavy atom. The molecule has 2 aliphatic heterocycles. The van der Waals surface area contributed by atoms with Gasteiger partial charge in [-0.3, -0.25) is 9.59 Å². The molecule has 0 aliphatic carbocycles. The van der Waals surface area contributed by atoms with E-state index in [1.54, 1.807) is 6.08 Å². The molecule has 2 rings (SSSR count). The Hall–Kier alpha value is -1.36. The van der Waals surface area contributed by atoms with Gasteiger partial charge in [-0.25, -0.2) is 0 Å². The Morgan fingerprint density at radius 3 is 3.17 bits per heavy atom. The van der Waals surface area contributed by atoms with Crippen molar-refractivity contribution < 1.29 is 9.59 Å². The monoisotopic (exact) mass is 251 g/mol. The van der Waals surface area contributed by atoms with Crippen LogP contribution in [0, 0.1) is 5.92 Å². The third-order valence-electron chi connectivity index (χ3n) is 3.74. The van der Waals surface area contributed by atoms with Gasteiger partial charge in [0.2, 0.25) is 11.8 Å². The SMILES string of the molecule is C=CCNCC(=O)N1CCC2NC(=O)CCC2C1. The van der Waals surface area contributed by atoms with Crippen LogP contribution in [-0.4, -0.2) is 48.9 Å². The van der Waals surface area contributed by atoms with E-state index in [9.17, 15) is 9.59 Å². The van der Waals surface area contributed by atoms with Crippen LogP contribution in [0.2, 0.25) is 0 Å². The fourth-order valence-electron chi connectivity index (χ4n) is 2.73. The van der Waals surface area contributed by atoms with E-state index in [1.807, 2.05) is 4.90 Å². The molecule has 0 aromatic rings. The zero-order chi connectivity index (χ0) is 13.0. The number of likely N-dealkylation sites (tertiary alicyclic amines) is 1. The van der Waals surface area contributed by atoms with Crippen LogP contribution in [0.3, 0.4) is 0 Å². The molecule has 0 radical (unpaired) electrons. The largest absolute Gasteiger partial charge is 0.353 e. The molecule has 5 heteroatoms. The van der Waals surface area contributed by atoms with E-state index >= 15 is 0 Å². The molecular formula is C13H21N3O2. The van der Waals surface area contributed by atoms with E-state index in [0.717, 1.165) is 25.9 Å². The van der Waals surface area contributed by atoms with Gasteiger partial charge in [0.1, 0.15) is 0 Å². The standard InChI is InChI=1S/C13H21N3O2/c1-2-6-14-8-13(18)16-7-5-11-10(9-16)3-4-12(17)15-11/h2,10-11,14H,1,3-9H2,(H,15,17). The first-order valence-corrected chi connectivity index (χ1v) is 6.59. The van der Waals surface area contributed by atoms with Gasteiger partial charge in [-0.15, -0.1) is 6.58 Å². The summed E-state index contributed by atoms with van der Waals surface area (Å²) in [6, 6.07) is 0.274. The second-order valence-electron chi connectivity index (χ2n) is 5.02.